The second-order valence-corrected chi connectivity index (χ2v) is 4.72. The first-order chi connectivity index (χ1) is 8.72. The minimum Gasteiger partial charge on any atom is -0.384 e. The van der Waals surface area contributed by atoms with E-state index in [2.05, 4.69) is 47.7 Å². The Morgan fingerprint density at radius 1 is 1.17 bits per heavy atom. The summed E-state index contributed by atoms with van der Waals surface area (Å²) in [7, 11) is 1.98. The van der Waals surface area contributed by atoms with Crippen LogP contribution in [0, 0.1) is 13.8 Å². The maximum absolute atomic E-state index is 4.46. The quantitative estimate of drug-likeness (QED) is 0.793. The zero-order valence-corrected chi connectivity index (χ0v) is 11.4. The van der Waals surface area contributed by atoms with Gasteiger partial charge in [0.25, 0.3) is 0 Å². The van der Waals surface area contributed by atoms with Crippen LogP contribution in [0.3, 0.4) is 0 Å². The Morgan fingerprint density at radius 2 is 2.00 bits per heavy atom. The van der Waals surface area contributed by atoms with Crippen LogP contribution in [0.25, 0.3) is 10.9 Å². The topological polar surface area (TPSA) is 37.0 Å². The molecular formula is C15H21N3. The third-order valence-corrected chi connectivity index (χ3v) is 3.10. The van der Waals surface area contributed by atoms with Crippen molar-refractivity contribution < 1.29 is 0 Å². The van der Waals surface area contributed by atoms with Crippen LogP contribution in [0.2, 0.25) is 0 Å². The number of benzene rings is 1. The average Bonchev–Trinajstić information content (AvgIpc) is 2.34. The molecule has 1 aromatic heterocycles. The summed E-state index contributed by atoms with van der Waals surface area (Å²) in [6, 6.07) is 6.41. The molecule has 1 heterocycles. The molecule has 0 saturated carbocycles. The van der Waals surface area contributed by atoms with Gasteiger partial charge in [0.2, 0.25) is 0 Å². The number of rotatable bonds is 5. The molecule has 0 fully saturated rings. The highest BCUT2D eigenvalue weighted by Crippen LogP contribution is 2.26. The number of nitrogens with one attached hydrogen (secondary N) is 2. The number of aryl methyl sites for hydroxylation is 2. The van der Waals surface area contributed by atoms with E-state index in [-0.39, 0.29) is 0 Å². The van der Waals surface area contributed by atoms with Crippen molar-refractivity contribution in [3.63, 3.8) is 0 Å². The summed E-state index contributed by atoms with van der Waals surface area (Å²) in [5, 5.41) is 7.90. The van der Waals surface area contributed by atoms with Crippen LogP contribution in [0.5, 0.6) is 0 Å². The van der Waals surface area contributed by atoms with Gasteiger partial charge in [0.05, 0.1) is 5.52 Å². The van der Waals surface area contributed by atoms with E-state index in [4.69, 9.17) is 0 Å². The van der Waals surface area contributed by atoms with Crippen LogP contribution in [0.15, 0.2) is 24.4 Å². The van der Waals surface area contributed by atoms with Crippen LogP contribution < -0.4 is 10.6 Å². The van der Waals surface area contributed by atoms with Crippen molar-refractivity contribution in [3.05, 3.63) is 35.5 Å². The summed E-state index contributed by atoms with van der Waals surface area (Å²) in [5.74, 6) is 0. The normalized spacial score (nSPS) is 10.8. The van der Waals surface area contributed by atoms with Crippen molar-refractivity contribution in [1.29, 1.82) is 0 Å². The van der Waals surface area contributed by atoms with Crippen molar-refractivity contribution >= 4 is 16.6 Å². The molecule has 0 bridgehead atoms. The molecule has 1 aromatic carbocycles. The SMILES string of the molecule is CNCCCNc1ccnc2cc(C)cc(C)c12. The lowest BCUT2D eigenvalue weighted by atomic mass is 10.0. The molecule has 3 nitrogen and oxygen atoms in total. The Morgan fingerprint density at radius 3 is 2.78 bits per heavy atom. The van der Waals surface area contributed by atoms with Gasteiger partial charge in [0.15, 0.2) is 0 Å². The van der Waals surface area contributed by atoms with Crippen molar-refractivity contribution in [1.82, 2.24) is 10.3 Å². The highest BCUT2D eigenvalue weighted by atomic mass is 14.9. The molecule has 0 saturated heterocycles. The predicted molar refractivity (Wildman–Crippen MR) is 78.3 cm³/mol. The summed E-state index contributed by atoms with van der Waals surface area (Å²) in [6.07, 6.45) is 2.99. The van der Waals surface area contributed by atoms with Crippen molar-refractivity contribution in [2.75, 3.05) is 25.5 Å². The van der Waals surface area contributed by atoms with Crippen LogP contribution >= 0.6 is 0 Å². The summed E-state index contributed by atoms with van der Waals surface area (Å²) >= 11 is 0. The fourth-order valence-corrected chi connectivity index (χ4v) is 2.31. The fourth-order valence-electron chi connectivity index (χ4n) is 2.31. The summed E-state index contributed by atoms with van der Waals surface area (Å²) in [6.45, 7) is 6.28. The van der Waals surface area contributed by atoms with Crippen molar-refractivity contribution in [2.45, 2.75) is 20.3 Å². The molecule has 0 aliphatic rings. The minimum absolute atomic E-state index is 0.979. The molecular weight excluding hydrogens is 222 g/mol. The van der Waals surface area contributed by atoms with E-state index in [1.165, 1.54) is 22.2 Å². The molecule has 0 atom stereocenters. The average molecular weight is 243 g/mol. The van der Waals surface area contributed by atoms with Gasteiger partial charge in [-0.1, -0.05) is 6.07 Å². The van der Waals surface area contributed by atoms with Gasteiger partial charge in [-0.15, -0.1) is 0 Å². The molecule has 0 aliphatic heterocycles. The molecule has 2 aromatic rings. The number of hydrogen-bond donors (Lipinski definition) is 2. The molecule has 0 unspecified atom stereocenters. The lowest BCUT2D eigenvalue weighted by Crippen LogP contribution is -2.13. The van der Waals surface area contributed by atoms with E-state index in [9.17, 15) is 0 Å². The van der Waals surface area contributed by atoms with Gasteiger partial charge >= 0.3 is 0 Å². The van der Waals surface area contributed by atoms with Gasteiger partial charge in [-0.25, -0.2) is 0 Å². The Kier molecular flexibility index (Phi) is 4.15. The smallest absolute Gasteiger partial charge is 0.0728 e. The molecule has 18 heavy (non-hydrogen) atoms. The van der Waals surface area contributed by atoms with Crippen LogP contribution in [-0.4, -0.2) is 25.1 Å². The second-order valence-electron chi connectivity index (χ2n) is 4.72. The fraction of sp³-hybridized carbons (Fsp3) is 0.400. The highest BCUT2D eigenvalue weighted by molar-refractivity contribution is 5.94. The maximum atomic E-state index is 4.46. The van der Waals surface area contributed by atoms with E-state index in [1.54, 1.807) is 0 Å². The molecule has 0 radical (unpaired) electrons. The van der Waals surface area contributed by atoms with E-state index in [0.717, 1.165) is 25.0 Å². The Hall–Kier alpha value is -1.61. The zero-order chi connectivity index (χ0) is 13.0. The van der Waals surface area contributed by atoms with Crippen LogP contribution in [0.1, 0.15) is 17.5 Å². The predicted octanol–water partition coefficient (Wildman–Crippen LogP) is 2.87. The third kappa shape index (κ3) is 2.79. The van der Waals surface area contributed by atoms with Crippen molar-refractivity contribution in [2.24, 2.45) is 0 Å². The second kappa shape index (κ2) is 5.83. The number of hydrogen-bond acceptors (Lipinski definition) is 3. The van der Waals surface area contributed by atoms with Gasteiger partial charge in [0, 0.05) is 23.8 Å². The molecule has 0 spiro atoms. The number of nitrogens with zero attached hydrogens (tertiary/aromatic N) is 1. The molecule has 0 aliphatic carbocycles. The summed E-state index contributed by atoms with van der Waals surface area (Å²) < 4.78 is 0. The van der Waals surface area contributed by atoms with E-state index >= 15 is 0 Å². The minimum atomic E-state index is 0.979. The third-order valence-electron chi connectivity index (χ3n) is 3.10. The number of anilines is 1. The van der Waals surface area contributed by atoms with E-state index in [0.29, 0.717) is 0 Å². The van der Waals surface area contributed by atoms with E-state index in [1.807, 2.05) is 13.2 Å². The van der Waals surface area contributed by atoms with Gasteiger partial charge in [-0.05, 0) is 57.1 Å². The Labute approximate surface area is 109 Å². The molecule has 3 heteroatoms. The number of pyridine rings is 1. The van der Waals surface area contributed by atoms with Crippen LogP contribution in [0.4, 0.5) is 5.69 Å². The first-order valence-electron chi connectivity index (χ1n) is 6.47. The standard InChI is InChI=1S/C15H21N3/c1-11-9-12(2)15-13(17-7-4-6-16-3)5-8-18-14(15)10-11/h5,8-10,16H,4,6-7H2,1-3H3,(H,17,18). The van der Waals surface area contributed by atoms with Crippen LogP contribution in [-0.2, 0) is 0 Å². The van der Waals surface area contributed by atoms with Gasteiger partial charge in [0.1, 0.15) is 0 Å². The molecule has 0 amide bonds. The van der Waals surface area contributed by atoms with Crippen molar-refractivity contribution in [3.8, 4) is 0 Å². The molecule has 2 N–H and O–H groups in total. The Balaban J connectivity index is 2.27. The number of aromatic nitrogens is 1. The monoisotopic (exact) mass is 243 g/mol. The van der Waals surface area contributed by atoms with Gasteiger partial charge in [-0.3, -0.25) is 4.98 Å². The number of fused-ring (bicyclic) bond motifs is 1. The highest BCUT2D eigenvalue weighted by Gasteiger charge is 2.05. The molecule has 96 valence electrons. The summed E-state index contributed by atoms with van der Waals surface area (Å²) in [5.41, 5.74) is 4.81. The summed E-state index contributed by atoms with van der Waals surface area (Å²) in [4.78, 5) is 4.46. The molecule has 2 rings (SSSR count). The van der Waals surface area contributed by atoms with Gasteiger partial charge < -0.3 is 10.6 Å². The maximum Gasteiger partial charge on any atom is 0.0728 e. The zero-order valence-electron chi connectivity index (χ0n) is 11.4. The first kappa shape index (κ1) is 12.8. The first-order valence-corrected chi connectivity index (χ1v) is 6.47. The largest absolute Gasteiger partial charge is 0.384 e. The lowest BCUT2D eigenvalue weighted by molar-refractivity contribution is 0.748. The van der Waals surface area contributed by atoms with E-state index < -0.39 is 0 Å². The lowest BCUT2D eigenvalue weighted by Gasteiger charge is -2.12. The van der Waals surface area contributed by atoms with Gasteiger partial charge in [-0.2, -0.15) is 0 Å². The Bertz CT molecular complexity index is 534.